The highest BCUT2D eigenvalue weighted by atomic mass is 35.5. The van der Waals surface area contributed by atoms with Gasteiger partial charge in [0.2, 0.25) is 0 Å². The topological polar surface area (TPSA) is 79.8 Å². The lowest BCUT2D eigenvalue weighted by Gasteiger charge is -2.20. The van der Waals surface area contributed by atoms with Crippen molar-refractivity contribution in [2.24, 2.45) is 11.0 Å². The molecule has 0 bridgehead atoms. The second-order valence-electron chi connectivity index (χ2n) is 8.91. The summed E-state index contributed by atoms with van der Waals surface area (Å²) < 4.78 is 6.11. The Balaban J connectivity index is 1.51. The molecular weight excluding hydrogens is 486 g/mol. The van der Waals surface area contributed by atoms with Gasteiger partial charge in [-0.25, -0.2) is 5.43 Å². The first-order valence-electron chi connectivity index (χ1n) is 12.0. The number of ether oxygens (including phenoxy) is 1. The van der Waals surface area contributed by atoms with Crippen LogP contribution in [-0.4, -0.2) is 24.1 Å². The first kappa shape index (κ1) is 25.9. The average molecular weight is 514 g/mol. The molecule has 4 rings (SSSR count). The molecule has 0 saturated carbocycles. The van der Waals surface area contributed by atoms with E-state index in [1.54, 1.807) is 30.5 Å². The molecular formula is C30H28ClN3O3. The van der Waals surface area contributed by atoms with Crippen molar-refractivity contribution in [3.8, 4) is 5.75 Å². The fourth-order valence-electron chi connectivity index (χ4n) is 3.86. The molecule has 2 amide bonds. The Morgan fingerprint density at radius 2 is 1.62 bits per heavy atom. The van der Waals surface area contributed by atoms with Gasteiger partial charge in [-0.2, -0.15) is 5.10 Å². The molecule has 7 heteroatoms. The lowest BCUT2D eigenvalue weighted by atomic mass is 10.0. The van der Waals surface area contributed by atoms with E-state index in [0.717, 1.165) is 21.9 Å². The van der Waals surface area contributed by atoms with Crippen LogP contribution < -0.4 is 15.5 Å². The van der Waals surface area contributed by atoms with Gasteiger partial charge in [0.25, 0.3) is 11.8 Å². The minimum Gasteiger partial charge on any atom is -0.488 e. The zero-order chi connectivity index (χ0) is 26.2. The predicted molar refractivity (Wildman–Crippen MR) is 148 cm³/mol. The molecule has 0 fully saturated rings. The van der Waals surface area contributed by atoms with Crippen molar-refractivity contribution in [3.05, 3.63) is 113 Å². The summed E-state index contributed by atoms with van der Waals surface area (Å²) in [7, 11) is 0. The van der Waals surface area contributed by atoms with Crippen LogP contribution in [0.5, 0.6) is 5.75 Å². The maximum absolute atomic E-state index is 13.0. The molecule has 6 nitrogen and oxygen atoms in total. The lowest BCUT2D eigenvalue weighted by molar-refractivity contribution is -0.123. The number of nitrogens with one attached hydrogen (secondary N) is 2. The van der Waals surface area contributed by atoms with E-state index in [1.807, 2.05) is 80.6 Å². The number of rotatable bonds is 9. The molecule has 0 saturated heterocycles. The van der Waals surface area contributed by atoms with Gasteiger partial charge < -0.3 is 10.1 Å². The molecule has 0 aliphatic heterocycles. The minimum absolute atomic E-state index is 0.159. The molecule has 4 aromatic carbocycles. The van der Waals surface area contributed by atoms with E-state index in [9.17, 15) is 9.59 Å². The Kier molecular flexibility index (Phi) is 8.54. The van der Waals surface area contributed by atoms with Crippen LogP contribution in [0.2, 0.25) is 5.02 Å². The lowest BCUT2D eigenvalue weighted by Crippen LogP contribution is -2.48. The van der Waals surface area contributed by atoms with E-state index in [0.29, 0.717) is 22.9 Å². The molecule has 0 aliphatic rings. The van der Waals surface area contributed by atoms with Crippen LogP contribution in [0.1, 0.15) is 35.3 Å². The summed E-state index contributed by atoms with van der Waals surface area (Å²) in [6, 6.07) is 27.4. The molecule has 0 spiro atoms. The van der Waals surface area contributed by atoms with Gasteiger partial charge in [0.05, 0.1) is 6.21 Å². The second-order valence-corrected chi connectivity index (χ2v) is 9.35. The van der Waals surface area contributed by atoms with Crippen LogP contribution in [0.3, 0.4) is 0 Å². The minimum atomic E-state index is -0.776. The zero-order valence-corrected chi connectivity index (χ0v) is 21.4. The number of hydrazone groups is 1. The van der Waals surface area contributed by atoms with E-state index in [2.05, 4.69) is 15.8 Å². The van der Waals surface area contributed by atoms with Crippen LogP contribution in [0, 0.1) is 5.92 Å². The number of carbonyl (C=O) groups excluding carboxylic acids is 2. The standard InChI is InChI=1S/C30H28ClN3O3/c1-20(2)28(33-29(35)23-12-15-24(31)16-13-23)30(36)34-32-18-26-25-11-7-6-10-22(25)14-17-27(26)37-19-21-8-4-3-5-9-21/h3-18,20,28H,19H2,1-2H3,(H,33,35)(H,34,36). The zero-order valence-electron chi connectivity index (χ0n) is 20.6. The first-order valence-corrected chi connectivity index (χ1v) is 12.4. The van der Waals surface area contributed by atoms with Crippen molar-refractivity contribution in [2.45, 2.75) is 26.5 Å². The van der Waals surface area contributed by atoms with Gasteiger partial charge in [0.1, 0.15) is 18.4 Å². The third-order valence-electron chi connectivity index (χ3n) is 5.88. The van der Waals surface area contributed by atoms with E-state index in [1.165, 1.54) is 0 Å². The van der Waals surface area contributed by atoms with Gasteiger partial charge in [-0.15, -0.1) is 0 Å². The van der Waals surface area contributed by atoms with Crippen LogP contribution in [0.25, 0.3) is 10.8 Å². The first-order chi connectivity index (χ1) is 17.9. The molecule has 0 aromatic heterocycles. The monoisotopic (exact) mass is 513 g/mol. The molecule has 1 atom stereocenters. The van der Waals surface area contributed by atoms with Crippen LogP contribution in [0.15, 0.2) is 96.1 Å². The van der Waals surface area contributed by atoms with Gasteiger partial charge in [0, 0.05) is 16.1 Å². The number of nitrogens with zero attached hydrogens (tertiary/aromatic N) is 1. The van der Waals surface area contributed by atoms with E-state index < -0.39 is 11.9 Å². The summed E-state index contributed by atoms with van der Waals surface area (Å²) >= 11 is 5.91. The van der Waals surface area contributed by atoms with Gasteiger partial charge >= 0.3 is 0 Å². The predicted octanol–water partition coefficient (Wildman–Crippen LogP) is 5.98. The summed E-state index contributed by atoms with van der Waals surface area (Å²) in [5.74, 6) is -0.286. The molecule has 37 heavy (non-hydrogen) atoms. The second kappa shape index (κ2) is 12.2. The van der Waals surface area contributed by atoms with E-state index >= 15 is 0 Å². The quantitative estimate of drug-likeness (QED) is 0.213. The number of hydrogen-bond donors (Lipinski definition) is 2. The third-order valence-corrected chi connectivity index (χ3v) is 6.13. The van der Waals surface area contributed by atoms with Crippen molar-refractivity contribution >= 4 is 40.4 Å². The molecule has 188 valence electrons. The highest BCUT2D eigenvalue weighted by Crippen LogP contribution is 2.27. The Morgan fingerprint density at radius 3 is 2.35 bits per heavy atom. The van der Waals surface area contributed by atoms with Crippen LogP contribution >= 0.6 is 11.6 Å². The van der Waals surface area contributed by atoms with Crippen molar-refractivity contribution in [3.63, 3.8) is 0 Å². The van der Waals surface area contributed by atoms with Gasteiger partial charge in [-0.3, -0.25) is 9.59 Å². The SMILES string of the molecule is CC(C)C(NC(=O)c1ccc(Cl)cc1)C(=O)NN=Cc1c(OCc2ccccc2)ccc2ccccc12. The number of carbonyl (C=O) groups is 2. The van der Waals surface area contributed by atoms with Crippen molar-refractivity contribution in [1.29, 1.82) is 0 Å². The van der Waals surface area contributed by atoms with Gasteiger partial charge in [-0.1, -0.05) is 86.1 Å². The highest BCUT2D eigenvalue weighted by Gasteiger charge is 2.24. The maximum atomic E-state index is 13.0. The summed E-state index contributed by atoms with van der Waals surface area (Å²) in [6.45, 7) is 4.12. The summed E-state index contributed by atoms with van der Waals surface area (Å²) in [4.78, 5) is 25.6. The molecule has 1 unspecified atom stereocenters. The molecule has 0 aliphatic carbocycles. The van der Waals surface area contributed by atoms with Gasteiger partial charge in [0.15, 0.2) is 0 Å². The number of fused-ring (bicyclic) bond motifs is 1. The Labute approximate surface area is 221 Å². The number of benzene rings is 4. The van der Waals surface area contributed by atoms with Crippen LogP contribution in [-0.2, 0) is 11.4 Å². The maximum Gasteiger partial charge on any atom is 0.262 e. The molecule has 0 radical (unpaired) electrons. The Bertz CT molecular complexity index is 1400. The van der Waals surface area contributed by atoms with Crippen molar-refractivity contribution < 1.29 is 14.3 Å². The van der Waals surface area contributed by atoms with Gasteiger partial charge in [-0.05, 0) is 52.6 Å². The fourth-order valence-corrected chi connectivity index (χ4v) is 3.99. The average Bonchev–Trinajstić information content (AvgIpc) is 2.91. The highest BCUT2D eigenvalue weighted by molar-refractivity contribution is 6.30. The Morgan fingerprint density at radius 1 is 0.919 bits per heavy atom. The number of hydrogen-bond acceptors (Lipinski definition) is 4. The largest absolute Gasteiger partial charge is 0.488 e. The normalized spacial score (nSPS) is 12.0. The molecule has 2 N–H and O–H groups in total. The molecule has 0 heterocycles. The summed E-state index contributed by atoms with van der Waals surface area (Å²) in [5, 5.41) is 9.52. The van der Waals surface area contributed by atoms with E-state index in [-0.39, 0.29) is 11.8 Å². The Hall–Kier alpha value is -4.16. The van der Waals surface area contributed by atoms with Crippen molar-refractivity contribution in [1.82, 2.24) is 10.7 Å². The smallest absolute Gasteiger partial charge is 0.262 e. The molecule has 4 aromatic rings. The summed E-state index contributed by atoms with van der Waals surface area (Å²) in [6.07, 6.45) is 1.58. The van der Waals surface area contributed by atoms with E-state index in [4.69, 9.17) is 16.3 Å². The summed E-state index contributed by atoms with van der Waals surface area (Å²) in [5.41, 5.74) is 4.80. The van der Waals surface area contributed by atoms with Crippen LogP contribution in [0.4, 0.5) is 0 Å². The third kappa shape index (κ3) is 6.74. The van der Waals surface area contributed by atoms with Crippen molar-refractivity contribution in [2.75, 3.05) is 0 Å². The fraction of sp³-hybridized carbons (Fsp3) is 0.167. The number of halogens is 1. The number of amides is 2.